The Labute approximate surface area is 88.3 Å². The van der Waals surface area contributed by atoms with E-state index in [-0.39, 0.29) is 6.10 Å². The lowest BCUT2D eigenvalue weighted by Crippen LogP contribution is -2.34. The molecule has 4 unspecified atom stereocenters. The zero-order valence-electron chi connectivity index (χ0n) is 10.0. The lowest BCUT2D eigenvalue weighted by Gasteiger charge is -2.24. The topological polar surface area (TPSA) is 23.5 Å². The second kappa shape index (κ2) is 5.13. The van der Waals surface area contributed by atoms with Crippen LogP contribution in [0.1, 0.15) is 33.6 Å². The van der Waals surface area contributed by atoms with Crippen LogP contribution >= 0.6 is 0 Å². The Hall–Kier alpha value is -0.0800. The van der Waals surface area contributed by atoms with E-state index in [0.29, 0.717) is 5.92 Å². The van der Waals surface area contributed by atoms with Crippen molar-refractivity contribution in [1.29, 1.82) is 0 Å². The van der Waals surface area contributed by atoms with Gasteiger partial charge in [0.1, 0.15) is 0 Å². The minimum Gasteiger partial charge on any atom is -0.392 e. The number of aliphatic hydroxyl groups excluding tert-OH is 1. The summed E-state index contributed by atoms with van der Waals surface area (Å²) in [4.78, 5) is 2.28. The Morgan fingerprint density at radius 1 is 1.50 bits per heavy atom. The predicted octanol–water partition coefficient (Wildman–Crippen LogP) is 1.98. The van der Waals surface area contributed by atoms with Crippen molar-refractivity contribution in [2.75, 3.05) is 20.1 Å². The van der Waals surface area contributed by atoms with E-state index in [4.69, 9.17) is 0 Å². The molecule has 0 amide bonds. The Kier molecular flexibility index (Phi) is 4.39. The maximum atomic E-state index is 9.85. The molecule has 1 N–H and O–H groups in total. The molecule has 1 aliphatic carbocycles. The highest BCUT2D eigenvalue weighted by Gasteiger charge is 2.33. The molecule has 0 heterocycles. The highest BCUT2D eigenvalue weighted by atomic mass is 16.3. The molecule has 0 aromatic rings. The van der Waals surface area contributed by atoms with Crippen molar-refractivity contribution >= 4 is 0 Å². The highest BCUT2D eigenvalue weighted by molar-refractivity contribution is 4.85. The monoisotopic (exact) mass is 199 g/mol. The van der Waals surface area contributed by atoms with Gasteiger partial charge in [-0.3, -0.25) is 0 Å². The molecule has 0 saturated heterocycles. The smallest absolute Gasteiger partial charge is 0.0692 e. The summed E-state index contributed by atoms with van der Waals surface area (Å²) in [5.41, 5.74) is 0. The van der Waals surface area contributed by atoms with Gasteiger partial charge < -0.3 is 10.0 Å². The van der Waals surface area contributed by atoms with E-state index in [1.807, 2.05) is 0 Å². The van der Waals surface area contributed by atoms with Gasteiger partial charge in [0.2, 0.25) is 0 Å². The summed E-state index contributed by atoms with van der Waals surface area (Å²) < 4.78 is 0. The summed E-state index contributed by atoms with van der Waals surface area (Å²) in [6.45, 7) is 8.56. The van der Waals surface area contributed by atoms with Gasteiger partial charge in [-0.05, 0) is 31.2 Å². The predicted molar refractivity (Wildman–Crippen MR) is 60.2 cm³/mol. The van der Waals surface area contributed by atoms with Crippen LogP contribution in [0.2, 0.25) is 0 Å². The quantitative estimate of drug-likeness (QED) is 0.707. The molecule has 84 valence electrons. The van der Waals surface area contributed by atoms with Gasteiger partial charge in [-0.2, -0.15) is 0 Å². The average Bonchev–Trinajstić information content (AvgIpc) is 2.79. The van der Waals surface area contributed by atoms with Crippen LogP contribution in [-0.2, 0) is 0 Å². The fourth-order valence-electron chi connectivity index (χ4n) is 1.90. The molecule has 0 aromatic carbocycles. The van der Waals surface area contributed by atoms with E-state index in [9.17, 15) is 5.11 Å². The van der Waals surface area contributed by atoms with Gasteiger partial charge in [-0.25, -0.2) is 0 Å². The lowest BCUT2D eigenvalue weighted by molar-refractivity contribution is 0.0759. The Morgan fingerprint density at radius 2 is 2.07 bits per heavy atom. The molecular weight excluding hydrogens is 174 g/mol. The molecule has 0 aromatic heterocycles. The van der Waals surface area contributed by atoms with Crippen LogP contribution in [0.5, 0.6) is 0 Å². The number of rotatable bonds is 6. The van der Waals surface area contributed by atoms with Crippen LogP contribution < -0.4 is 0 Å². The summed E-state index contributed by atoms with van der Waals surface area (Å²) in [7, 11) is 2.12. The number of nitrogens with zero attached hydrogens (tertiary/aromatic N) is 1. The largest absolute Gasteiger partial charge is 0.392 e. The number of hydrogen-bond donors (Lipinski definition) is 1. The van der Waals surface area contributed by atoms with E-state index in [0.717, 1.165) is 31.3 Å². The molecular formula is C12H25NO. The zero-order chi connectivity index (χ0) is 10.7. The maximum Gasteiger partial charge on any atom is 0.0692 e. The fourth-order valence-corrected chi connectivity index (χ4v) is 1.90. The molecule has 0 aliphatic heterocycles. The summed E-state index contributed by atoms with van der Waals surface area (Å²) in [5, 5.41) is 9.85. The first-order valence-corrected chi connectivity index (χ1v) is 5.91. The molecule has 1 aliphatic rings. The van der Waals surface area contributed by atoms with Crippen molar-refractivity contribution in [1.82, 2.24) is 4.90 Å². The molecule has 1 saturated carbocycles. The third-order valence-corrected chi connectivity index (χ3v) is 3.62. The Morgan fingerprint density at radius 3 is 2.50 bits per heavy atom. The van der Waals surface area contributed by atoms with Crippen LogP contribution in [-0.4, -0.2) is 36.2 Å². The van der Waals surface area contributed by atoms with Gasteiger partial charge >= 0.3 is 0 Å². The lowest BCUT2D eigenvalue weighted by atomic mass is 10.0. The molecule has 14 heavy (non-hydrogen) atoms. The minimum atomic E-state index is -0.154. The summed E-state index contributed by atoms with van der Waals surface area (Å²) in [5.74, 6) is 2.23. The molecule has 4 atom stereocenters. The Bertz CT molecular complexity index is 172. The van der Waals surface area contributed by atoms with Crippen molar-refractivity contribution in [2.24, 2.45) is 17.8 Å². The van der Waals surface area contributed by atoms with Crippen LogP contribution in [0.25, 0.3) is 0 Å². The van der Waals surface area contributed by atoms with E-state index in [2.05, 4.69) is 32.7 Å². The first-order valence-electron chi connectivity index (χ1n) is 5.91. The van der Waals surface area contributed by atoms with E-state index < -0.39 is 0 Å². The summed E-state index contributed by atoms with van der Waals surface area (Å²) >= 11 is 0. The van der Waals surface area contributed by atoms with Gasteiger partial charge in [0.05, 0.1) is 6.10 Å². The van der Waals surface area contributed by atoms with Crippen molar-refractivity contribution in [3.63, 3.8) is 0 Å². The van der Waals surface area contributed by atoms with Gasteiger partial charge in [0.15, 0.2) is 0 Å². The van der Waals surface area contributed by atoms with Crippen LogP contribution in [0.4, 0.5) is 0 Å². The van der Waals surface area contributed by atoms with Gasteiger partial charge in [0.25, 0.3) is 0 Å². The molecule has 1 fully saturated rings. The van der Waals surface area contributed by atoms with Crippen LogP contribution in [0, 0.1) is 17.8 Å². The number of aliphatic hydroxyl groups is 1. The molecule has 1 rings (SSSR count). The summed E-state index contributed by atoms with van der Waals surface area (Å²) in [6.07, 6.45) is 2.29. The minimum absolute atomic E-state index is 0.154. The Balaban J connectivity index is 2.15. The SMILES string of the molecule is CCC(C)C(O)CN(C)CC1CC1C. The van der Waals surface area contributed by atoms with Crippen LogP contribution in [0.15, 0.2) is 0 Å². The zero-order valence-corrected chi connectivity index (χ0v) is 10.0. The van der Waals surface area contributed by atoms with Gasteiger partial charge in [-0.1, -0.05) is 27.2 Å². The van der Waals surface area contributed by atoms with Crippen molar-refractivity contribution in [3.8, 4) is 0 Å². The maximum absolute atomic E-state index is 9.85. The first-order chi connectivity index (χ1) is 6.54. The summed E-state index contributed by atoms with van der Waals surface area (Å²) in [6, 6.07) is 0. The molecule has 0 spiro atoms. The van der Waals surface area contributed by atoms with E-state index in [1.54, 1.807) is 0 Å². The van der Waals surface area contributed by atoms with E-state index >= 15 is 0 Å². The standard InChI is InChI=1S/C12H25NO/c1-5-9(2)12(14)8-13(4)7-11-6-10(11)3/h9-12,14H,5-8H2,1-4H3. The normalized spacial score (nSPS) is 30.4. The van der Waals surface area contributed by atoms with Crippen molar-refractivity contribution in [3.05, 3.63) is 0 Å². The van der Waals surface area contributed by atoms with E-state index in [1.165, 1.54) is 6.42 Å². The number of hydrogen-bond acceptors (Lipinski definition) is 2. The van der Waals surface area contributed by atoms with Crippen molar-refractivity contribution < 1.29 is 5.11 Å². The third-order valence-electron chi connectivity index (χ3n) is 3.62. The molecule has 2 nitrogen and oxygen atoms in total. The highest BCUT2D eigenvalue weighted by Crippen LogP contribution is 2.37. The molecule has 2 heteroatoms. The molecule has 0 bridgehead atoms. The van der Waals surface area contributed by atoms with Crippen LogP contribution in [0.3, 0.4) is 0 Å². The second-order valence-electron chi connectivity index (χ2n) is 5.15. The van der Waals surface area contributed by atoms with Gasteiger partial charge in [0, 0.05) is 13.1 Å². The van der Waals surface area contributed by atoms with Crippen molar-refractivity contribution in [2.45, 2.75) is 39.7 Å². The third kappa shape index (κ3) is 3.58. The molecule has 0 radical (unpaired) electrons. The fraction of sp³-hybridized carbons (Fsp3) is 1.00. The number of likely N-dealkylation sites (N-methyl/N-ethyl adjacent to an activating group) is 1. The first kappa shape index (κ1) is 12.0. The second-order valence-corrected chi connectivity index (χ2v) is 5.15. The van der Waals surface area contributed by atoms with Gasteiger partial charge in [-0.15, -0.1) is 0 Å². The average molecular weight is 199 g/mol.